The number of methoxy groups -OCH3 is 2. The lowest BCUT2D eigenvalue weighted by Crippen LogP contribution is -2.12. The molecule has 0 aliphatic heterocycles. The van der Waals surface area contributed by atoms with Crippen LogP contribution in [-0.2, 0) is 16.6 Å². The van der Waals surface area contributed by atoms with Gasteiger partial charge in [-0.15, -0.1) is 0 Å². The maximum Gasteiger partial charge on any atom is 0.261 e. The summed E-state index contributed by atoms with van der Waals surface area (Å²) < 4.78 is 37.7. The van der Waals surface area contributed by atoms with Crippen LogP contribution in [0.5, 0.6) is 11.5 Å². The van der Waals surface area contributed by atoms with E-state index in [1.807, 2.05) is 36.4 Å². The standard InChI is InChI=1S/C21H22N2O4S/c1-26-19-9-3-16(4-10-19)15-22-17-5-7-18(8-6-17)23-28(24,25)21-13-11-20(27-2)12-14-21/h3-14,22-23H,15H2,1-2H3. The van der Waals surface area contributed by atoms with Crippen molar-refractivity contribution >= 4 is 21.4 Å². The fourth-order valence-corrected chi connectivity index (χ4v) is 3.63. The summed E-state index contributed by atoms with van der Waals surface area (Å²) in [5, 5.41) is 3.30. The van der Waals surface area contributed by atoms with Crippen LogP contribution in [-0.4, -0.2) is 22.6 Å². The first kappa shape index (κ1) is 19.6. The van der Waals surface area contributed by atoms with Crippen molar-refractivity contribution in [3.05, 3.63) is 78.4 Å². The molecule has 2 N–H and O–H groups in total. The highest BCUT2D eigenvalue weighted by Crippen LogP contribution is 2.21. The molecule has 3 aromatic rings. The zero-order valence-corrected chi connectivity index (χ0v) is 16.5. The second kappa shape index (κ2) is 8.67. The Kier molecular flexibility index (Phi) is 6.06. The zero-order valence-electron chi connectivity index (χ0n) is 15.7. The molecule has 0 saturated carbocycles. The number of rotatable bonds is 8. The maximum absolute atomic E-state index is 12.5. The normalized spacial score (nSPS) is 10.9. The number of anilines is 2. The molecule has 0 fully saturated rings. The van der Waals surface area contributed by atoms with E-state index in [0.717, 1.165) is 17.0 Å². The van der Waals surface area contributed by atoms with Gasteiger partial charge in [0.25, 0.3) is 10.0 Å². The van der Waals surface area contributed by atoms with Crippen molar-refractivity contribution in [3.8, 4) is 11.5 Å². The number of sulfonamides is 1. The lowest BCUT2D eigenvalue weighted by molar-refractivity contribution is 0.414. The summed E-state index contributed by atoms with van der Waals surface area (Å²) in [6.45, 7) is 0.654. The summed E-state index contributed by atoms with van der Waals surface area (Å²) in [5.41, 5.74) is 2.50. The predicted octanol–water partition coefficient (Wildman–Crippen LogP) is 4.12. The summed E-state index contributed by atoms with van der Waals surface area (Å²) in [5.74, 6) is 1.42. The monoisotopic (exact) mass is 398 g/mol. The fourth-order valence-electron chi connectivity index (χ4n) is 2.57. The Labute approximate surface area is 165 Å². The van der Waals surface area contributed by atoms with Gasteiger partial charge in [0, 0.05) is 17.9 Å². The van der Waals surface area contributed by atoms with Crippen LogP contribution in [0, 0.1) is 0 Å². The Morgan fingerprint density at radius 2 is 1.21 bits per heavy atom. The Morgan fingerprint density at radius 3 is 1.75 bits per heavy atom. The molecule has 0 saturated heterocycles. The molecular weight excluding hydrogens is 376 g/mol. The molecule has 7 heteroatoms. The Bertz CT molecular complexity index is 1000. The third-order valence-corrected chi connectivity index (χ3v) is 5.56. The van der Waals surface area contributed by atoms with E-state index in [1.54, 1.807) is 31.4 Å². The average molecular weight is 398 g/mol. The fraction of sp³-hybridized carbons (Fsp3) is 0.143. The second-order valence-electron chi connectivity index (χ2n) is 6.06. The first-order valence-electron chi connectivity index (χ1n) is 8.64. The molecule has 3 rings (SSSR count). The van der Waals surface area contributed by atoms with Gasteiger partial charge >= 0.3 is 0 Å². The number of ether oxygens (including phenoxy) is 2. The highest BCUT2D eigenvalue weighted by molar-refractivity contribution is 7.92. The van der Waals surface area contributed by atoms with Gasteiger partial charge in [0.2, 0.25) is 0 Å². The zero-order chi connectivity index (χ0) is 20.0. The molecule has 0 aliphatic rings. The van der Waals surface area contributed by atoms with Gasteiger partial charge in [-0.2, -0.15) is 0 Å². The van der Waals surface area contributed by atoms with E-state index in [-0.39, 0.29) is 4.90 Å². The topological polar surface area (TPSA) is 76.7 Å². The molecular formula is C21H22N2O4S. The van der Waals surface area contributed by atoms with Crippen molar-refractivity contribution in [2.24, 2.45) is 0 Å². The van der Waals surface area contributed by atoms with Gasteiger partial charge in [0.1, 0.15) is 11.5 Å². The van der Waals surface area contributed by atoms with Gasteiger partial charge in [-0.05, 0) is 66.2 Å². The van der Waals surface area contributed by atoms with E-state index in [4.69, 9.17) is 9.47 Å². The first-order chi connectivity index (χ1) is 13.5. The van der Waals surface area contributed by atoms with E-state index in [2.05, 4.69) is 10.0 Å². The van der Waals surface area contributed by atoms with Crippen LogP contribution in [0.2, 0.25) is 0 Å². The third-order valence-electron chi connectivity index (χ3n) is 4.16. The summed E-state index contributed by atoms with van der Waals surface area (Å²) in [4.78, 5) is 0.176. The van der Waals surface area contributed by atoms with Crippen LogP contribution in [0.15, 0.2) is 77.7 Å². The number of hydrogen-bond donors (Lipinski definition) is 2. The quantitative estimate of drug-likeness (QED) is 0.597. The molecule has 6 nitrogen and oxygen atoms in total. The van der Waals surface area contributed by atoms with Gasteiger partial charge in [0.05, 0.1) is 19.1 Å². The van der Waals surface area contributed by atoms with E-state index < -0.39 is 10.0 Å². The number of benzene rings is 3. The largest absolute Gasteiger partial charge is 0.497 e. The molecule has 0 bridgehead atoms. The molecule has 0 amide bonds. The van der Waals surface area contributed by atoms with Crippen LogP contribution in [0.3, 0.4) is 0 Å². The van der Waals surface area contributed by atoms with Crippen molar-refractivity contribution in [3.63, 3.8) is 0 Å². The molecule has 146 valence electrons. The Morgan fingerprint density at radius 1 is 0.714 bits per heavy atom. The van der Waals surface area contributed by atoms with Crippen LogP contribution in [0.25, 0.3) is 0 Å². The lowest BCUT2D eigenvalue weighted by atomic mass is 10.2. The second-order valence-corrected chi connectivity index (χ2v) is 7.74. The van der Waals surface area contributed by atoms with Gasteiger partial charge < -0.3 is 14.8 Å². The minimum Gasteiger partial charge on any atom is -0.497 e. The number of hydrogen-bond acceptors (Lipinski definition) is 5. The first-order valence-corrected chi connectivity index (χ1v) is 10.1. The highest BCUT2D eigenvalue weighted by atomic mass is 32.2. The van der Waals surface area contributed by atoms with Gasteiger partial charge in [-0.25, -0.2) is 8.42 Å². The van der Waals surface area contributed by atoms with E-state index in [9.17, 15) is 8.42 Å². The molecule has 0 heterocycles. The highest BCUT2D eigenvalue weighted by Gasteiger charge is 2.14. The average Bonchev–Trinajstić information content (AvgIpc) is 2.73. The van der Waals surface area contributed by atoms with E-state index in [0.29, 0.717) is 18.0 Å². The van der Waals surface area contributed by atoms with Crippen LogP contribution in [0.1, 0.15) is 5.56 Å². The van der Waals surface area contributed by atoms with Crippen molar-refractivity contribution in [2.45, 2.75) is 11.4 Å². The van der Waals surface area contributed by atoms with Gasteiger partial charge in [-0.3, -0.25) is 4.72 Å². The summed E-state index contributed by atoms with van der Waals surface area (Å²) in [6, 6.07) is 21.1. The molecule has 0 unspecified atom stereocenters. The minimum atomic E-state index is -3.65. The number of nitrogens with one attached hydrogen (secondary N) is 2. The summed E-state index contributed by atoms with van der Waals surface area (Å²) >= 11 is 0. The van der Waals surface area contributed by atoms with Gasteiger partial charge in [0.15, 0.2) is 0 Å². The molecule has 0 aliphatic carbocycles. The third kappa shape index (κ3) is 4.95. The van der Waals surface area contributed by atoms with Crippen LogP contribution in [0.4, 0.5) is 11.4 Å². The summed E-state index contributed by atoms with van der Waals surface area (Å²) in [7, 11) is -0.481. The van der Waals surface area contributed by atoms with Crippen molar-refractivity contribution in [1.29, 1.82) is 0 Å². The smallest absolute Gasteiger partial charge is 0.261 e. The molecule has 28 heavy (non-hydrogen) atoms. The van der Waals surface area contributed by atoms with Crippen LogP contribution < -0.4 is 19.5 Å². The molecule has 0 spiro atoms. The lowest BCUT2D eigenvalue weighted by Gasteiger charge is -2.11. The van der Waals surface area contributed by atoms with Crippen molar-refractivity contribution in [2.75, 3.05) is 24.3 Å². The van der Waals surface area contributed by atoms with Crippen molar-refractivity contribution < 1.29 is 17.9 Å². The Hall–Kier alpha value is -3.19. The molecule has 0 atom stereocenters. The summed E-state index contributed by atoms with van der Waals surface area (Å²) in [6.07, 6.45) is 0. The molecule has 3 aromatic carbocycles. The van der Waals surface area contributed by atoms with Crippen molar-refractivity contribution in [1.82, 2.24) is 0 Å². The SMILES string of the molecule is COc1ccc(CNc2ccc(NS(=O)(=O)c3ccc(OC)cc3)cc2)cc1. The van der Waals surface area contributed by atoms with Crippen LogP contribution >= 0.6 is 0 Å². The molecule has 0 aromatic heterocycles. The van der Waals surface area contributed by atoms with Gasteiger partial charge in [-0.1, -0.05) is 12.1 Å². The maximum atomic E-state index is 12.5. The van der Waals surface area contributed by atoms with E-state index >= 15 is 0 Å². The predicted molar refractivity (Wildman–Crippen MR) is 111 cm³/mol. The van der Waals surface area contributed by atoms with E-state index in [1.165, 1.54) is 19.2 Å². The molecule has 0 radical (unpaired) electrons. The Balaban J connectivity index is 1.61. The minimum absolute atomic E-state index is 0.176.